The van der Waals surface area contributed by atoms with Gasteiger partial charge in [-0.05, 0) is 24.3 Å². The number of carbonyl (C=O) groups excluding carboxylic acids is 1. The Morgan fingerprint density at radius 1 is 0.955 bits per heavy atom. The summed E-state index contributed by atoms with van der Waals surface area (Å²) in [7, 11) is 0. The Labute approximate surface area is 124 Å². The third-order valence-corrected chi connectivity index (χ3v) is 3.60. The van der Waals surface area contributed by atoms with Crippen LogP contribution < -0.4 is 5.73 Å². The van der Waals surface area contributed by atoms with E-state index in [0.717, 1.165) is 0 Å². The van der Waals surface area contributed by atoms with E-state index < -0.39 is 42.3 Å². The van der Waals surface area contributed by atoms with Gasteiger partial charge in [-0.15, -0.1) is 0 Å². The van der Waals surface area contributed by atoms with E-state index in [0.29, 0.717) is 5.69 Å². The predicted molar refractivity (Wildman–Crippen MR) is 71.3 cm³/mol. The van der Waals surface area contributed by atoms with Crippen molar-refractivity contribution in [3.63, 3.8) is 0 Å². The van der Waals surface area contributed by atoms with Gasteiger partial charge in [-0.2, -0.15) is 0 Å². The van der Waals surface area contributed by atoms with Crippen LogP contribution in [0.2, 0.25) is 0 Å². The standard InChI is InChI=1S/C13H17NO8/c14-6-3-1-5(2-4-6)12(20)22-13(21)10(18)8(16)7(15)9(17)11(13)19/h1-4,7-11,15-19,21H,14H2/t7?,8-,9+,10-,11-,13?/m1/s1. The lowest BCUT2D eigenvalue weighted by molar-refractivity contribution is -0.341. The summed E-state index contributed by atoms with van der Waals surface area (Å²) in [5.41, 5.74) is 5.79. The molecule has 1 saturated carbocycles. The van der Waals surface area contributed by atoms with Crippen molar-refractivity contribution in [2.24, 2.45) is 0 Å². The fraction of sp³-hybridized carbons (Fsp3) is 0.462. The Morgan fingerprint density at radius 3 is 1.86 bits per heavy atom. The summed E-state index contributed by atoms with van der Waals surface area (Å²) in [5, 5.41) is 58.2. The first-order chi connectivity index (χ1) is 10.2. The van der Waals surface area contributed by atoms with Gasteiger partial charge in [-0.3, -0.25) is 0 Å². The molecule has 1 aromatic carbocycles. The van der Waals surface area contributed by atoms with Crippen molar-refractivity contribution in [3.05, 3.63) is 29.8 Å². The lowest BCUT2D eigenvalue weighted by Crippen LogP contribution is -2.72. The minimum atomic E-state index is -2.99. The largest absolute Gasteiger partial charge is 0.424 e. The number of carbonyl (C=O) groups is 1. The summed E-state index contributed by atoms with van der Waals surface area (Å²) in [6.07, 6.45) is -10.4. The van der Waals surface area contributed by atoms with E-state index in [1.807, 2.05) is 0 Å². The van der Waals surface area contributed by atoms with Crippen molar-refractivity contribution in [2.75, 3.05) is 5.73 Å². The number of hydrogen-bond donors (Lipinski definition) is 7. The van der Waals surface area contributed by atoms with Crippen molar-refractivity contribution >= 4 is 11.7 Å². The van der Waals surface area contributed by atoms with E-state index in [2.05, 4.69) is 4.74 Å². The van der Waals surface area contributed by atoms with Crippen molar-refractivity contribution in [2.45, 2.75) is 36.3 Å². The molecule has 0 aliphatic heterocycles. The Hall–Kier alpha value is -1.75. The maximum absolute atomic E-state index is 11.9. The summed E-state index contributed by atoms with van der Waals surface area (Å²) in [6, 6.07) is 5.35. The molecule has 0 spiro atoms. The molecule has 6 atom stereocenters. The summed E-state index contributed by atoms with van der Waals surface area (Å²) in [6.45, 7) is 0. The summed E-state index contributed by atoms with van der Waals surface area (Å²) < 4.78 is 4.66. The molecule has 1 aliphatic carbocycles. The summed E-state index contributed by atoms with van der Waals surface area (Å²) >= 11 is 0. The summed E-state index contributed by atoms with van der Waals surface area (Å²) in [5.74, 6) is -4.12. The van der Waals surface area contributed by atoms with Crippen LogP contribution in [0.4, 0.5) is 5.69 Å². The van der Waals surface area contributed by atoms with Crippen LogP contribution in [0.25, 0.3) is 0 Å². The van der Waals surface area contributed by atoms with Crippen molar-refractivity contribution in [3.8, 4) is 0 Å². The van der Waals surface area contributed by atoms with Crippen LogP contribution >= 0.6 is 0 Å². The second kappa shape index (κ2) is 5.80. The Kier molecular flexibility index (Phi) is 4.38. The smallest absolute Gasteiger partial charge is 0.340 e. The Bertz CT molecular complexity index is 531. The van der Waals surface area contributed by atoms with Gasteiger partial charge in [0.25, 0.3) is 5.79 Å². The van der Waals surface area contributed by atoms with Crippen LogP contribution in [0.1, 0.15) is 10.4 Å². The zero-order valence-electron chi connectivity index (χ0n) is 11.3. The number of esters is 1. The lowest BCUT2D eigenvalue weighted by Gasteiger charge is -2.46. The second-order valence-corrected chi connectivity index (χ2v) is 5.12. The van der Waals surface area contributed by atoms with Crippen LogP contribution in [0.15, 0.2) is 24.3 Å². The Morgan fingerprint density at radius 2 is 1.41 bits per heavy atom. The fourth-order valence-electron chi connectivity index (χ4n) is 2.19. The molecule has 0 radical (unpaired) electrons. The first kappa shape index (κ1) is 16.6. The van der Waals surface area contributed by atoms with Gasteiger partial charge in [0.05, 0.1) is 5.56 Å². The molecule has 9 nitrogen and oxygen atoms in total. The van der Waals surface area contributed by atoms with E-state index in [4.69, 9.17) is 5.73 Å². The van der Waals surface area contributed by atoms with Crippen LogP contribution in [0.5, 0.6) is 0 Å². The van der Waals surface area contributed by atoms with Gasteiger partial charge in [0.15, 0.2) is 12.2 Å². The lowest BCUT2D eigenvalue weighted by atomic mass is 9.82. The molecule has 8 N–H and O–H groups in total. The molecule has 22 heavy (non-hydrogen) atoms. The molecular weight excluding hydrogens is 298 g/mol. The molecular formula is C13H17NO8. The minimum Gasteiger partial charge on any atom is -0.424 e. The van der Waals surface area contributed by atoms with Crippen molar-refractivity contribution in [1.29, 1.82) is 0 Å². The first-order valence-corrected chi connectivity index (χ1v) is 6.40. The third kappa shape index (κ3) is 2.65. The number of rotatable bonds is 2. The van der Waals surface area contributed by atoms with E-state index in [9.17, 15) is 35.4 Å². The van der Waals surface area contributed by atoms with Crippen LogP contribution in [-0.2, 0) is 4.74 Å². The van der Waals surface area contributed by atoms with Crippen LogP contribution in [0.3, 0.4) is 0 Å². The average Bonchev–Trinajstić information content (AvgIpc) is 2.50. The molecule has 1 aromatic rings. The molecule has 1 fully saturated rings. The molecule has 0 bridgehead atoms. The number of nitrogen functional groups attached to an aromatic ring is 1. The van der Waals surface area contributed by atoms with Gasteiger partial charge in [-0.25, -0.2) is 4.79 Å². The maximum Gasteiger partial charge on any atom is 0.340 e. The van der Waals surface area contributed by atoms with Gasteiger partial charge in [0.2, 0.25) is 0 Å². The van der Waals surface area contributed by atoms with E-state index >= 15 is 0 Å². The van der Waals surface area contributed by atoms with Gasteiger partial charge in [0, 0.05) is 5.69 Å². The van der Waals surface area contributed by atoms with Crippen LogP contribution in [-0.4, -0.2) is 72.9 Å². The molecule has 0 aromatic heterocycles. The topological polar surface area (TPSA) is 174 Å². The van der Waals surface area contributed by atoms with Crippen LogP contribution in [0, 0.1) is 0 Å². The minimum absolute atomic E-state index is 0.0443. The molecule has 0 saturated heterocycles. The second-order valence-electron chi connectivity index (χ2n) is 5.12. The number of anilines is 1. The van der Waals surface area contributed by atoms with E-state index in [-0.39, 0.29) is 5.56 Å². The highest BCUT2D eigenvalue weighted by Crippen LogP contribution is 2.32. The third-order valence-electron chi connectivity index (χ3n) is 3.60. The monoisotopic (exact) mass is 315 g/mol. The molecule has 0 heterocycles. The molecule has 9 heteroatoms. The zero-order chi connectivity index (χ0) is 16.7. The molecule has 2 unspecified atom stereocenters. The first-order valence-electron chi connectivity index (χ1n) is 6.40. The average molecular weight is 315 g/mol. The molecule has 0 amide bonds. The van der Waals surface area contributed by atoms with Crippen molar-refractivity contribution in [1.82, 2.24) is 0 Å². The normalized spacial score (nSPS) is 38.5. The number of ether oxygens (including phenoxy) is 1. The maximum atomic E-state index is 11.9. The number of hydrogen-bond acceptors (Lipinski definition) is 9. The highest BCUT2D eigenvalue weighted by Gasteiger charge is 2.60. The highest BCUT2D eigenvalue weighted by molar-refractivity contribution is 5.90. The van der Waals surface area contributed by atoms with Gasteiger partial charge >= 0.3 is 5.97 Å². The number of aliphatic hydroxyl groups is 6. The van der Waals surface area contributed by atoms with Crippen molar-refractivity contribution < 1.29 is 40.2 Å². The molecule has 2 rings (SSSR count). The SMILES string of the molecule is Nc1ccc(C(=O)OC2(O)[C@H](O)[C@H](O)C(O)[C@H](O)[C@H]2O)cc1. The predicted octanol–water partition coefficient (Wildman–Crippen LogP) is -3.07. The Balaban J connectivity index is 2.25. The number of aliphatic hydroxyl groups excluding tert-OH is 5. The van der Waals surface area contributed by atoms with E-state index in [1.165, 1.54) is 24.3 Å². The number of benzene rings is 1. The summed E-state index contributed by atoms with van der Waals surface area (Å²) in [4.78, 5) is 11.9. The molecule has 1 aliphatic rings. The van der Waals surface area contributed by atoms with Gasteiger partial charge in [-0.1, -0.05) is 0 Å². The molecule has 122 valence electrons. The number of nitrogens with two attached hydrogens (primary N) is 1. The zero-order valence-corrected chi connectivity index (χ0v) is 11.3. The van der Waals surface area contributed by atoms with E-state index in [1.54, 1.807) is 0 Å². The highest BCUT2D eigenvalue weighted by atomic mass is 16.7. The quantitative estimate of drug-likeness (QED) is 0.170. The van der Waals surface area contributed by atoms with Gasteiger partial charge < -0.3 is 41.1 Å². The van der Waals surface area contributed by atoms with Gasteiger partial charge in [0.1, 0.15) is 18.3 Å². The fourth-order valence-corrected chi connectivity index (χ4v) is 2.19.